The van der Waals surface area contributed by atoms with Crippen LogP contribution in [0.15, 0.2) is 16.9 Å². The van der Waals surface area contributed by atoms with Crippen LogP contribution in [0.25, 0.3) is 0 Å². The molecule has 0 unspecified atom stereocenters. The third-order valence-corrected chi connectivity index (χ3v) is 3.08. The Balaban J connectivity index is 1.68. The van der Waals surface area contributed by atoms with Gasteiger partial charge in [0.2, 0.25) is 0 Å². The second-order valence-electron chi connectivity index (χ2n) is 4.33. The molecule has 2 rings (SSSR count). The smallest absolute Gasteiger partial charge is 0.409 e. The van der Waals surface area contributed by atoms with E-state index in [2.05, 4.69) is 10.5 Å². The Morgan fingerprint density at radius 2 is 2.39 bits per heavy atom. The second kappa shape index (κ2) is 6.39. The number of nitrogens with one attached hydrogen (secondary N) is 1. The molecule has 0 saturated carbocycles. The molecule has 1 fully saturated rings. The van der Waals surface area contributed by atoms with Crippen LogP contribution in [-0.2, 0) is 11.3 Å². The minimum Gasteiger partial charge on any atom is -0.450 e. The summed E-state index contributed by atoms with van der Waals surface area (Å²) in [5.74, 6) is 0. The molecule has 1 aliphatic rings. The van der Waals surface area contributed by atoms with Crippen LogP contribution < -0.4 is 5.32 Å². The average Bonchev–Trinajstić information content (AvgIpc) is 2.90. The number of carbonyl (C=O) groups excluding carboxylic acids is 1. The van der Waals surface area contributed by atoms with Crippen LogP contribution in [0.3, 0.4) is 0 Å². The summed E-state index contributed by atoms with van der Waals surface area (Å²) in [5.41, 5.74) is 0.905. The van der Waals surface area contributed by atoms with Crippen molar-refractivity contribution in [1.29, 1.82) is 0 Å². The molecule has 18 heavy (non-hydrogen) atoms. The van der Waals surface area contributed by atoms with E-state index in [-0.39, 0.29) is 6.09 Å². The van der Waals surface area contributed by atoms with E-state index >= 15 is 0 Å². The monoisotopic (exact) mass is 253 g/mol. The van der Waals surface area contributed by atoms with Crippen LogP contribution in [0, 0.1) is 0 Å². The van der Waals surface area contributed by atoms with Gasteiger partial charge in [0.25, 0.3) is 0 Å². The van der Waals surface area contributed by atoms with E-state index in [0.29, 0.717) is 19.2 Å². The van der Waals surface area contributed by atoms with Gasteiger partial charge < -0.3 is 19.5 Å². The normalized spacial score (nSPS) is 16.8. The average molecular weight is 253 g/mol. The topological polar surface area (TPSA) is 67.6 Å². The molecule has 0 radical (unpaired) electrons. The highest BCUT2D eigenvalue weighted by atomic mass is 16.6. The summed E-state index contributed by atoms with van der Waals surface area (Å²) >= 11 is 0. The zero-order valence-electron chi connectivity index (χ0n) is 10.6. The van der Waals surface area contributed by atoms with E-state index in [4.69, 9.17) is 9.26 Å². The quantitative estimate of drug-likeness (QED) is 0.878. The van der Waals surface area contributed by atoms with Gasteiger partial charge in [0.1, 0.15) is 6.26 Å². The number of amides is 1. The fraction of sp³-hybridized carbons (Fsp3) is 0.667. The maximum absolute atomic E-state index is 11.5. The van der Waals surface area contributed by atoms with E-state index in [1.807, 2.05) is 13.0 Å². The summed E-state index contributed by atoms with van der Waals surface area (Å²) in [4.78, 5) is 13.3. The van der Waals surface area contributed by atoms with Crippen molar-refractivity contribution >= 4 is 6.09 Å². The first kappa shape index (κ1) is 12.9. The van der Waals surface area contributed by atoms with Gasteiger partial charge in [-0.3, -0.25) is 0 Å². The van der Waals surface area contributed by atoms with Crippen molar-refractivity contribution in [1.82, 2.24) is 15.4 Å². The van der Waals surface area contributed by atoms with Gasteiger partial charge in [-0.25, -0.2) is 4.79 Å². The van der Waals surface area contributed by atoms with Crippen LogP contribution in [0.5, 0.6) is 0 Å². The van der Waals surface area contributed by atoms with Crippen LogP contribution in [0.1, 0.15) is 25.5 Å². The number of carbonyl (C=O) groups is 1. The Bertz CT molecular complexity index is 359. The molecule has 1 aromatic heterocycles. The van der Waals surface area contributed by atoms with Gasteiger partial charge in [-0.15, -0.1) is 0 Å². The number of likely N-dealkylation sites (tertiary alicyclic amines) is 1. The summed E-state index contributed by atoms with van der Waals surface area (Å²) in [6.45, 7) is 4.46. The standard InChI is InChI=1S/C12H19N3O3/c1-2-17-12(16)15-6-3-10(4-7-15)13-9-11-5-8-18-14-11/h5,8,10,13H,2-4,6-7,9H2,1H3. The lowest BCUT2D eigenvalue weighted by molar-refractivity contribution is 0.0949. The molecule has 0 aromatic carbocycles. The molecule has 0 bridgehead atoms. The Kier molecular flexibility index (Phi) is 4.58. The molecule has 0 atom stereocenters. The fourth-order valence-corrected chi connectivity index (χ4v) is 2.06. The van der Waals surface area contributed by atoms with Gasteiger partial charge in [0.15, 0.2) is 0 Å². The molecular formula is C12H19N3O3. The van der Waals surface area contributed by atoms with Crippen molar-refractivity contribution in [2.24, 2.45) is 0 Å². The highest BCUT2D eigenvalue weighted by Crippen LogP contribution is 2.12. The van der Waals surface area contributed by atoms with E-state index in [1.165, 1.54) is 0 Å². The van der Waals surface area contributed by atoms with Gasteiger partial charge in [-0.2, -0.15) is 0 Å². The molecule has 0 aliphatic carbocycles. The largest absolute Gasteiger partial charge is 0.450 e. The Morgan fingerprint density at radius 3 is 3.00 bits per heavy atom. The van der Waals surface area contributed by atoms with Crippen molar-refractivity contribution in [2.75, 3.05) is 19.7 Å². The number of piperidine rings is 1. The molecule has 1 aromatic rings. The fourth-order valence-electron chi connectivity index (χ4n) is 2.06. The minimum atomic E-state index is -0.201. The lowest BCUT2D eigenvalue weighted by Crippen LogP contribution is -2.44. The molecule has 1 saturated heterocycles. The molecule has 6 nitrogen and oxygen atoms in total. The molecule has 2 heterocycles. The SMILES string of the molecule is CCOC(=O)N1CCC(NCc2ccon2)CC1. The molecule has 1 amide bonds. The first-order valence-electron chi connectivity index (χ1n) is 6.34. The van der Waals surface area contributed by atoms with Crippen molar-refractivity contribution < 1.29 is 14.1 Å². The maximum atomic E-state index is 11.5. The summed E-state index contributed by atoms with van der Waals surface area (Å²) in [6, 6.07) is 2.27. The van der Waals surface area contributed by atoms with Crippen LogP contribution in [-0.4, -0.2) is 41.9 Å². The number of hydrogen-bond donors (Lipinski definition) is 1. The molecule has 1 N–H and O–H groups in total. The number of rotatable bonds is 4. The highest BCUT2D eigenvalue weighted by Gasteiger charge is 2.23. The van der Waals surface area contributed by atoms with Gasteiger partial charge in [0.05, 0.1) is 12.3 Å². The van der Waals surface area contributed by atoms with Crippen molar-refractivity contribution in [3.05, 3.63) is 18.0 Å². The van der Waals surface area contributed by atoms with E-state index < -0.39 is 0 Å². The lowest BCUT2D eigenvalue weighted by atomic mass is 10.1. The predicted molar refractivity (Wildman–Crippen MR) is 65.0 cm³/mol. The van der Waals surface area contributed by atoms with Crippen LogP contribution in [0.2, 0.25) is 0 Å². The summed E-state index contributed by atoms with van der Waals surface area (Å²) in [5, 5.41) is 7.26. The molecule has 0 spiro atoms. The van der Waals surface area contributed by atoms with Gasteiger partial charge in [-0.05, 0) is 19.8 Å². The molecule has 6 heteroatoms. The third-order valence-electron chi connectivity index (χ3n) is 3.08. The van der Waals surface area contributed by atoms with Gasteiger partial charge >= 0.3 is 6.09 Å². The zero-order chi connectivity index (χ0) is 12.8. The Labute approximate surface area is 106 Å². The summed E-state index contributed by atoms with van der Waals surface area (Å²) < 4.78 is 9.75. The summed E-state index contributed by atoms with van der Waals surface area (Å²) in [7, 11) is 0. The van der Waals surface area contributed by atoms with Gasteiger partial charge in [-0.1, -0.05) is 5.16 Å². The van der Waals surface area contributed by atoms with Crippen LogP contribution >= 0.6 is 0 Å². The van der Waals surface area contributed by atoms with Crippen LogP contribution in [0.4, 0.5) is 4.79 Å². The zero-order valence-corrected chi connectivity index (χ0v) is 10.6. The van der Waals surface area contributed by atoms with Crippen molar-refractivity contribution in [3.63, 3.8) is 0 Å². The predicted octanol–water partition coefficient (Wildman–Crippen LogP) is 1.39. The number of hydrogen-bond acceptors (Lipinski definition) is 5. The van der Waals surface area contributed by atoms with E-state index in [1.54, 1.807) is 11.2 Å². The maximum Gasteiger partial charge on any atom is 0.409 e. The Hall–Kier alpha value is -1.56. The molecule has 1 aliphatic heterocycles. The Morgan fingerprint density at radius 1 is 1.61 bits per heavy atom. The first-order chi connectivity index (χ1) is 8.79. The first-order valence-corrected chi connectivity index (χ1v) is 6.34. The number of ether oxygens (including phenoxy) is 1. The van der Waals surface area contributed by atoms with E-state index in [0.717, 1.165) is 31.6 Å². The molecular weight excluding hydrogens is 234 g/mol. The third kappa shape index (κ3) is 3.46. The van der Waals surface area contributed by atoms with E-state index in [9.17, 15) is 4.79 Å². The number of nitrogens with zero attached hydrogens (tertiary/aromatic N) is 2. The molecule has 100 valence electrons. The number of aromatic nitrogens is 1. The minimum absolute atomic E-state index is 0.201. The van der Waals surface area contributed by atoms with Crippen molar-refractivity contribution in [3.8, 4) is 0 Å². The van der Waals surface area contributed by atoms with Crippen molar-refractivity contribution in [2.45, 2.75) is 32.4 Å². The van der Waals surface area contributed by atoms with Gasteiger partial charge in [0, 0.05) is 31.7 Å². The lowest BCUT2D eigenvalue weighted by Gasteiger charge is -2.31. The second-order valence-corrected chi connectivity index (χ2v) is 4.33. The highest BCUT2D eigenvalue weighted by molar-refractivity contribution is 5.67. The summed E-state index contributed by atoms with van der Waals surface area (Å²) in [6.07, 6.45) is 3.25.